The average molecular weight is 382 g/mol. The molecule has 10 heteroatoms. The lowest BCUT2D eigenvalue weighted by Crippen LogP contribution is -2.48. The van der Waals surface area contributed by atoms with Gasteiger partial charge in [-0.15, -0.1) is 0 Å². The van der Waals surface area contributed by atoms with E-state index in [9.17, 15) is 23.3 Å². The van der Waals surface area contributed by atoms with Gasteiger partial charge in [-0.25, -0.2) is 8.42 Å². The standard InChI is InChI=1S/C16H22N4O5S/c21-16(18-9-3-7-17-8-11-18)15-6-2-10-19(15)26(24,25)14-5-1-4-13(12-14)20(22)23/h1,4-5,12,15,17H,2-3,6-11H2. The summed E-state index contributed by atoms with van der Waals surface area (Å²) in [6.45, 7) is 2.93. The minimum absolute atomic E-state index is 0.149. The van der Waals surface area contributed by atoms with Gasteiger partial charge < -0.3 is 10.2 Å². The van der Waals surface area contributed by atoms with Crippen LogP contribution < -0.4 is 5.32 Å². The minimum Gasteiger partial charge on any atom is -0.340 e. The molecular formula is C16H22N4O5S. The number of nitrogens with one attached hydrogen (secondary N) is 1. The summed E-state index contributed by atoms with van der Waals surface area (Å²) < 4.78 is 27.2. The number of nitrogens with zero attached hydrogens (tertiary/aromatic N) is 3. The van der Waals surface area contributed by atoms with Crippen molar-refractivity contribution >= 4 is 21.6 Å². The molecule has 0 spiro atoms. The van der Waals surface area contributed by atoms with Crippen molar-refractivity contribution in [3.63, 3.8) is 0 Å². The van der Waals surface area contributed by atoms with Gasteiger partial charge in [0.15, 0.2) is 0 Å². The maximum absolute atomic E-state index is 13.0. The predicted octanol–water partition coefficient (Wildman–Crippen LogP) is 0.570. The lowest BCUT2D eigenvalue weighted by Gasteiger charge is -2.29. The molecule has 0 aliphatic carbocycles. The molecule has 0 saturated carbocycles. The summed E-state index contributed by atoms with van der Waals surface area (Å²) in [5, 5.41) is 14.2. The van der Waals surface area contributed by atoms with Crippen LogP contribution in [0, 0.1) is 10.1 Å². The van der Waals surface area contributed by atoms with Crippen molar-refractivity contribution < 1.29 is 18.1 Å². The quantitative estimate of drug-likeness (QED) is 0.602. The van der Waals surface area contributed by atoms with E-state index in [-0.39, 0.29) is 23.0 Å². The van der Waals surface area contributed by atoms with Gasteiger partial charge in [-0.1, -0.05) is 6.07 Å². The summed E-state index contributed by atoms with van der Waals surface area (Å²) in [5.74, 6) is -0.180. The molecule has 142 valence electrons. The predicted molar refractivity (Wildman–Crippen MR) is 94.1 cm³/mol. The highest BCUT2D eigenvalue weighted by atomic mass is 32.2. The molecule has 1 aromatic carbocycles. The first kappa shape index (κ1) is 18.7. The summed E-state index contributed by atoms with van der Waals surface area (Å²) in [6.07, 6.45) is 1.89. The van der Waals surface area contributed by atoms with Crippen molar-refractivity contribution in [1.29, 1.82) is 0 Å². The Morgan fingerprint density at radius 1 is 1.19 bits per heavy atom. The molecule has 9 nitrogen and oxygen atoms in total. The summed E-state index contributed by atoms with van der Waals surface area (Å²) in [7, 11) is -3.97. The highest BCUT2D eigenvalue weighted by molar-refractivity contribution is 7.89. The van der Waals surface area contributed by atoms with Crippen LogP contribution in [0.5, 0.6) is 0 Å². The Balaban J connectivity index is 1.85. The molecule has 1 N–H and O–H groups in total. The fourth-order valence-electron chi connectivity index (χ4n) is 3.44. The fraction of sp³-hybridized carbons (Fsp3) is 0.562. The van der Waals surface area contributed by atoms with Gasteiger partial charge in [0.05, 0.1) is 9.82 Å². The molecule has 1 aromatic rings. The molecule has 26 heavy (non-hydrogen) atoms. The Kier molecular flexibility index (Phi) is 5.54. The largest absolute Gasteiger partial charge is 0.340 e. The normalized spacial score (nSPS) is 22.2. The van der Waals surface area contributed by atoms with Gasteiger partial charge in [-0.05, 0) is 31.9 Å². The number of benzene rings is 1. The minimum atomic E-state index is -3.97. The van der Waals surface area contributed by atoms with Gasteiger partial charge in [-0.2, -0.15) is 4.31 Å². The van der Waals surface area contributed by atoms with Gasteiger partial charge in [-0.3, -0.25) is 14.9 Å². The van der Waals surface area contributed by atoms with Gasteiger partial charge in [0.1, 0.15) is 6.04 Å². The second kappa shape index (κ2) is 7.68. The van der Waals surface area contributed by atoms with E-state index < -0.39 is 21.0 Å². The van der Waals surface area contributed by atoms with Crippen LogP contribution in [-0.4, -0.2) is 67.2 Å². The number of rotatable bonds is 4. The third kappa shape index (κ3) is 3.71. The molecule has 2 aliphatic rings. The molecular weight excluding hydrogens is 360 g/mol. The lowest BCUT2D eigenvalue weighted by atomic mass is 10.2. The van der Waals surface area contributed by atoms with Crippen molar-refractivity contribution in [2.75, 3.05) is 32.7 Å². The van der Waals surface area contributed by atoms with E-state index in [1.54, 1.807) is 4.90 Å². The van der Waals surface area contributed by atoms with Crippen LogP contribution in [0.2, 0.25) is 0 Å². The molecule has 0 bridgehead atoms. The highest BCUT2D eigenvalue weighted by Crippen LogP contribution is 2.29. The SMILES string of the molecule is O=C(C1CCCN1S(=O)(=O)c1cccc([N+](=O)[O-])c1)N1CCCNCC1. The summed E-state index contributed by atoms with van der Waals surface area (Å²) >= 11 is 0. The first-order valence-electron chi connectivity index (χ1n) is 8.67. The number of hydrogen-bond donors (Lipinski definition) is 1. The zero-order valence-corrected chi connectivity index (χ0v) is 15.2. The summed E-state index contributed by atoms with van der Waals surface area (Å²) in [4.78, 5) is 24.8. The Hall–Kier alpha value is -2.04. The van der Waals surface area contributed by atoms with Crippen LogP contribution in [-0.2, 0) is 14.8 Å². The highest BCUT2D eigenvalue weighted by Gasteiger charge is 2.41. The van der Waals surface area contributed by atoms with Crippen LogP contribution in [0.25, 0.3) is 0 Å². The molecule has 3 rings (SSSR count). The monoisotopic (exact) mass is 382 g/mol. The van der Waals surface area contributed by atoms with Crippen molar-refractivity contribution in [3.05, 3.63) is 34.4 Å². The molecule has 1 unspecified atom stereocenters. The third-order valence-corrected chi connectivity index (χ3v) is 6.68. The number of nitro groups is 1. The molecule has 2 heterocycles. The lowest BCUT2D eigenvalue weighted by molar-refractivity contribution is -0.385. The molecule has 0 radical (unpaired) electrons. The van der Waals surface area contributed by atoms with Crippen LogP contribution in [0.3, 0.4) is 0 Å². The number of carbonyl (C=O) groups is 1. The maximum Gasteiger partial charge on any atom is 0.270 e. The Morgan fingerprint density at radius 2 is 2.00 bits per heavy atom. The van der Waals surface area contributed by atoms with Crippen LogP contribution >= 0.6 is 0 Å². The van der Waals surface area contributed by atoms with Crippen molar-refractivity contribution in [2.45, 2.75) is 30.2 Å². The first-order valence-corrected chi connectivity index (χ1v) is 10.1. The second-order valence-corrected chi connectivity index (χ2v) is 8.35. The zero-order chi connectivity index (χ0) is 18.7. The molecule has 2 saturated heterocycles. The summed E-state index contributed by atoms with van der Waals surface area (Å²) in [6, 6.07) is 4.23. The van der Waals surface area contributed by atoms with Crippen LogP contribution in [0.1, 0.15) is 19.3 Å². The third-order valence-electron chi connectivity index (χ3n) is 4.78. The van der Waals surface area contributed by atoms with E-state index >= 15 is 0 Å². The van der Waals surface area contributed by atoms with Crippen molar-refractivity contribution in [2.24, 2.45) is 0 Å². The Morgan fingerprint density at radius 3 is 2.77 bits per heavy atom. The Labute approximate surface area is 152 Å². The number of nitro benzene ring substituents is 1. The Bertz CT molecular complexity index is 790. The van der Waals surface area contributed by atoms with E-state index in [1.165, 1.54) is 22.5 Å². The van der Waals surface area contributed by atoms with Gasteiger partial charge in [0.2, 0.25) is 15.9 Å². The van der Waals surface area contributed by atoms with Crippen LogP contribution in [0.4, 0.5) is 5.69 Å². The topological polar surface area (TPSA) is 113 Å². The number of amides is 1. The number of non-ortho nitro benzene ring substituents is 1. The maximum atomic E-state index is 13.0. The molecule has 0 aromatic heterocycles. The number of hydrogen-bond acceptors (Lipinski definition) is 6. The summed E-state index contributed by atoms with van der Waals surface area (Å²) in [5.41, 5.74) is -0.285. The van der Waals surface area contributed by atoms with Gasteiger partial charge >= 0.3 is 0 Å². The van der Waals surface area contributed by atoms with Crippen molar-refractivity contribution in [1.82, 2.24) is 14.5 Å². The average Bonchev–Trinajstić information content (AvgIpc) is 2.98. The molecule has 2 fully saturated rings. The number of sulfonamides is 1. The van der Waals surface area contributed by atoms with E-state index in [0.29, 0.717) is 32.5 Å². The van der Waals surface area contributed by atoms with Crippen molar-refractivity contribution in [3.8, 4) is 0 Å². The molecule has 1 atom stereocenters. The fourth-order valence-corrected chi connectivity index (χ4v) is 5.14. The van der Waals surface area contributed by atoms with Crippen LogP contribution in [0.15, 0.2) is 29.2 Å². The molecule has 2 aliphatic heterocycles. The zero-order valence-electron chi connectivity index (χ0n) is 14.3. The smallest absolute Gasteiger partial charge is 0.270 e. The van der Waals surface area contributed by atoms with E-state index in [2.05, 4.69) is 5.32 Å². The molecule has 1 amide bonds. The van der Waals surface area contributed by atoms with E-state index in [1.807, 2.05) is 0 Å². The first-order chi connectivity index (χ1) is 12.4. The number of carbonyl (C=O) groups excluding carboxylic acids is 1. The van der Waals surface area contributed by atoms with E-state index in [0.717, 1.165) is 19.0 Å². The van der Waals surface area contributed by atoms with Gasteiger partial charge in [0.25, 0.3) is 5.69 Å². The second-order valence-electron chi connectivity index (χ2n) is 6.46. The van der Waals surface area contributed by atoms with Gasteiger partial charge in [0, 0.05) is 38.3 Å². The van der Waals surface area contributed by atoms with E-state index in [4.69, 9.17) is 0 Å².